The Morgan fingerprint density at radius 3 is 2.52 bits per heavy atom. The number of anilines is 2. The van der Waals surface area contributed by atoms with Crippen molar-refractivity contribution in [1.29, 1.82) is 0 Å². The zero-order valence-corrected chi connectivity index (χ0v) is 13.7. The third kappa shape index (κ3) is 5.20. The molecule has 0 spiro atoms. The van der Waals surface area contributed by atoms with Gasteiger partial charge in [0.1, 0.15) is 5.82 Å². The fourth-order valence-electron chi connectivity index (χ4n) is 2.43. The molecule has 2 heterocycles. The number of nitrogens with one attached hydrogen (secondary N) is 2. The van der Waals surface area contributed by atoms with Crippen molar-refractivity contribution in [2.24, 2.45) is 0 Å². The molecule has 8 heteroatoms. The highest BCUT2D eigenvalue weighted by molar-refractivity contribution is 5.93. The van der Waals surface area contributed by atoms with Gasteiger partial charge >= 0.3 is 0 Å². The number of benzene rings is 1. The molecule has 0 aliphatic carbocycles. The highest BCUT2D eigenvalue weighted by atomic mass is 19.1. The van der Waals surface area contributed by atoms with Gasteiger partial charge in [0.25, 0.3) is 5.91 Å². The molecule has 7 nitrogen and oxygen atoms in total. The molecule has 0 atom stereocenters. The Morgan fingerprint density at radius 2 is 1.84 bits per heavy atom. The van der Waals surface area contributed by atoms with Crippen LogP contribution in [-0.2, 0) is 4.74 Å². The summed E-state index contributed by atoms with van der Waals surface area (Å²) in [6.07, 6.45) is 2.92. The van der Waals surface area contributed by atoms with E-state index in [9.17, 15) is 9.18 Å². The number of halogens is 1. The lowest BCUT2D eigenvalue weighted by molar-refractivity contribution is 0.0383. The first-order valence-corrected chi connectivity index (χ1v) is 8.14. The third-order valence-electron chi connectivity index (χ3n) is 3.83. The van der Waals surface area contributed by atoms with Crippen molar-refractivity contribution in [1.82, 2.24) is 20.2 Å². The molecular formula is C17H20FN5O2. The van der Waals surface area contributed by atoms with Crippen LogP contribution >= 0.6 is 0 Å². The predicted molar refractivity (Wildman–Crippen MR) is 91.3 cm³/mol. The molecule has 25 heavy (non-hydrogen) atoms. The number of carbonyl (C=O) groups excluding carboxylic acids is 1. The smallest absolute Gasteiger partial charge is 0.254 e. The summed E-state index contributed by atoms with van der Waals surface area (Å²) in [4.78, 5) is 22.6. The van der Waals surface area contributed by atoms with Crippen LogP contribution in [0.2, 0.25) is 0 Å². The van der Waals surface area contributed by atoms with E-state index in [4.69, 9.17) is 4.74 Å². The molecule has 2 N–H and O–H groups in total. The second-order valence-electron chi connectivity index (χ2n) is 5.64. The number of ether oxygens (including phenoxy) is 1. The monoisotopic (exact) mass is 345 g/mol. The van der Waals surface area contributed by atoms with Gasteiger partial charge < -0.3 is 15.4 Å². The second-order valence-corrected chi connectivity index (χ2v) is 5.64. The van der Waals surface area contributed by atoms with Crippen LogP contribution in [0.4, 0.5) is 16.0 Å². The summed E-state index contributed by atoms with van der Waals surface area (Å²) < 4.78 is 18.2. The van der Waals surface area contributed by atoms with E-state index in [0.717, 1.165) is 32.8 Å². The number of amides is 1. The van der Waals surface area contributed by atoms with Crippen LogP contribution in [0.15, 0.2) is 36.7 Å². The van der Waals surface area contributed by atoms with E-state index in [1.165, 1.54) is 24.5 Å². The molecule has 1 amide bonds. The maximum atomic E-state index is 12.9. The maximum absolute atomic E-state index is 12.9. The first-order chi connectivity index (χ1) is 12.2. The summed E-state index contributed by atoms with van der Waals surface area (Å²) in [5, 5.41) is 5.80. The van der Waals surface area contributed by atoms with Crippen molar-refractivity contribution in [3.05, 3.63) is 48.0 Å². The quantitative estimate of drug-likeness (QED) is 0.824. The van der Waals surface area contributed by atoms with Gasteiger partial charge in [0, 0.05) is 44.3 Å². The number of carbonyl (C=O) groups is 1. The summed E-state index contributed by atoms with van der Waals surface area (Å²) in [5.41, 5.74) is 1.07. The van der Waals surface area contributed by atoms with Crippen molar-refractivity contribution in [2.45, 2.75) is 0 Å². The summed E-state index contributed by atoms with van der Waals surface area (Å²) in [6.45, 7) is 4.62. The minimum Gasteiger partial charge on any atom is -0.379 e. The minimum absolute atomic E-state index is 0.207. The van der Waals surface area contributed by atoms with Crippen molar-refractivity contribution in [3.63, 3.8) is 0 Å². The third-order valence-corrected chi connectivity index (χ3v) is 3.83. The van der Waals surface area contributed by atoms with E-state index < -0.39 is 0 Å². The molecule has 0 radical (unpaired) electrons. The molecule has 1 saturated heterocycles. The van der Waals surface area contributed by atoms with E-state index in [-0.39, 0.29) is 11.7 Å². The predicted octanol–water partition coefficient (Wildman–Crippen LogP) is 1.42. The van der Waals surface area contributed by atoms with Gasteiger partial charge in [-0.3, -0.25) is 9.69 Å². The average molecular weight is 345 g/mol. The fourth-order valence-corrected chi connectivity index (χ4v) is 2.43. The Balaban J connectivity index is 1.47. The SMILES string of the molecule is O=C(NCCN1CCOCC1)c1cnc(Nc2ccc(F)cc2)nc1. The summed E-state index contributed by atoms with van der Waals surface area (Å²) in [7, 11) is 0. The summed E-state index contributed by atoms with van der Waals surface area (Å²) >= 11 is 0. The lowest BCUT2D eigenvalue weighted by atomic mass is 10.3. The Bertz CT molecular complexity index is 687. The van der Waals surface area contributed by atoms with Gasteiger partial charge in [0.15, 0.2) is 0 Å². The molecule has 132 valence electrons. The van der Waals surface area contributed by atoms with E-state index >= 15 is 0 Å². The van der Waals surface area contributed by atoms with Gasteiger partial charge in [0.05, 0.1) is 18.8 Å². The van der Waals surface area contributed by atoms with Crippen LogP contribution in [0.25, 0.3) is 0 Å². The molecule has 1 fully saturated rings. The first kappa shape index (κ1) is 17.2. The number of hydrogen-bond donors (Lipinski definition) is 2. The zero-order chi connectivity index (χ0) is 17.5. The van der Waals surface area contributed by atoms with E-state index in [1.807, 2.05) is 0 Å². The van der Waals surface area contributed by atoms with Crippen molar-refractivity contribution >= 4 is 17.5 Å². The highest BCUT2D eigenvalue weighted by Gasteiger charge is 2.11. The molecule has 1 aliphatic rings. The normalized spacial score (nSPS) is 14.9. The molecule has 1 aromatic carbocycles. The Kier molecular flexibility index (Phi) is 5.86. The van der Waals surface area contributed by atoms with Crippen LogP contribution in [0.1, 0.15) is 10.4 Å². The average Bonchev–Trinajstić information content (AvgIpc) is 2.65. The highest BCUT2D eigenvalue weighted by Crippen LogP contribution is 2.13. The topological polar surface area (TPSA) is 79.4 Å². The summed E-state index contributed by atoms with van der Waals surface area (Å²) in [6, 6.07) is 5.87. The van der Waals surface area contributed by atoms with Gasteiger partial charge in [-0.1, -0.05) is 0 Å². The molecule has 0 bridgehead atoms. The molecule has 3 rings (SSSR count). The van der Waals surface area contributed by atoms with Gasteiger partial charge in [-0.2, -0.15) is 0 Å². The number of nitrogens with zero attached hydrogens (tertiary/aromatic N) is 3. The van der Waals surface area contributed by atoms with E-state index in [2.05, 4.69) is 25.5 Å². The number of morpholine rings is 1. The lowest BCUT2D eigenvalue weighted by Gasteiger charge is -2.26. The van der Waals surface area contributed by atoms with E-state index in [0.29, 0.717) is 23.7 Å². The van der Waals surface area contributed by atoms with Crippen molar-refractivity contribution < 1.29 is 13.9 Å². The minimum atomic E-state index is -0.310. The number of rotatable bonds is 6. The van der Waals surface area contributed by atoms with Gasteiger partial charge in [-0.15, -0.1) is 0 Å². The maximum Gasteiger partial charge on any atom is 0.254 e. The van der Waals surface area contributed by atoms with Crippen LogP contribution < -0.4 is 10.6 Å². The Hall–Kier alpha value is -2.58. The molecular weight excluding hydrogens is 325 g/mol. The molecule has 0 unspecified atom stereocenters. The van der Waals surface area contributed by atoms with Gasteiger partial charge in [-0.05, 0) is 24.3 Å². The van der Waals surface area contributed by atoms with Crippen LogP contribution in [0.3, 0.4) is 0 Å². The van der Waals surface area contributed by atoms with E-state index in [1.54, 1.807) is 12.1 Å². The molecule has 2 aromatic rings. The summed E-state index contributed by atoms with van der Waals surface area (Å²) in [5.74, 6) is -0.173. The Morgan fingerprint density at radius 1 is 1.16 bits per heavy atom. The lowest BCUT2D eigenvalue weighted by Crippen LogP contribution is -2.41. The zero-order valence-electron chi connectivity index (χ0n) is 13.7. The van der Waals surface area contributed by atoms with Crippen molar-refractivity contribution in [3.8, 4) is 0 Å². The standard InChI is InChI=1S/C17H20FN5O2/c18-14-1-3-15(4-2-14)22-17-20-11-13(12-21-17)16(24)19-5-6-23-7-9-25-10-8-23/h1-4,11-12H,5-10H2,(H,19,24)(H,20,21,22). The molecule has 1 aromatic heterocycles. The second kappa shape index (κ2) is 8.50. The van der Waals surface area contributed by atoms with Gasteiger partial charge in [-0.25, -0.2) is 14.4 Å². The Labute approximate surface area is 145 Å². The van der Waals surface area contributed by atoms with Gasteiger partial charge in [0.2, 0.25) is 5.95 Å². The number of hydrogen-bond acceptors (Lipinski definition) is 6. The van der Waals surface area contributed by atoms with Crippen molar-refractivity contribution in [2.75, 3.05) is 44.7 Å². The number of aromatic nitrogens is 2. The molecule has 0 saturated carbocycles. The largest absolute Gasteiger partial charge is 0.379 e. The fraction of sp³-hybridized carbons (Fsp3) is 0.353. The first-order valence-electron chi connectivity index (χ1n) is 8.14. The van der Waals surface area contributed by atoms with Crippen LogP contribution in [-0.4, -0.2) is 60.2 Å². The van der Waals surface area contributed by atoms with Crippen LogP contribution in [0.5, 0.6) is 0 Å². The van der Waals surface area contributed by atoms with Crippen LogP contribution in [0, 0.1) is 5.82 Å². The molecule has 1 aliphatic heterocycles.